The van der Waals surface area contributed by atoms with Gasteiger partial charge in [-0.1, -0.05) is 54.6 Å². The molecular formula is C23H20N2O3S. The molecule has 146 valence electrons. The number of carbonyl (C=O) groups is 2. The molecule has 0 spiro atoms. The fourth-order valence-electron chi connectivity index (χ4n) is 3.18. The monoisotopic (exact) mass is 404 g/mol. The van der Waals surface area contributed by atoms with E-state index >= 15 is 0 Å². The van der Waals surface area contributed by atoms with Gasteiger partial charge in [-0.15, -0.1) is 11.3 Å². The lowest BCUT2D eigenvalue weighted by Gasteiger charge is -2.17. The second-order valence-corrected chi connectivity index (χ2v) is 7.61. The number of esters is 1. The third kappa shape index (κ3) is 4.55. The van der Waals surface area contributed by atoms with Gasteiger partial charge in [-0.25, -0.2) is 4.79 Å². The van der Waals surface area contributed by atoms with E-state index in [0.717, 1.165) is 22.0 Å². The number of H-pyrrole nitrogens is 1. The normalized spacial score (nSPS) is 11.9. The molecule has 6 heteroatoms. The minimum atomic E-state index is -0.785. The van der Waals surface area contributed by atoms with E-state index in [2.05, 4.69) is 10.3 Å². The predicted octanol–water partition coefficient (Wildman–Crippen LogP) is 4.31. The van der Waals surface area contributed by atoms with E-state index in [1.54, 1.807) is 6.07 Å². The SMILES string of the molecule is O=C(N[C@H](Cc1c[nH]c2ccccc12)C(=O)OCc1ccccc1)c1cccs1. The molecule has 1 atom stereocenters. The molecule has 0 bridgehead atoms. The van der Waals surface area contributed by atoms with Crippen molar-refractivity contribution < 1.29 is 14.3 Å². The summed E-state index contributed by atoms with van der Waals surface area (Å²) in [7, 11) is 0. The van der Waals surface area contributed by atoms with Crippen LogP contribution in [-0.2, 0) is 22.6 Å². The van der Waals surface area contributed by atoms with E-state index in [0.29, 0.717) is 11.3 Å². The minimum absolute atomic E-state index is 0.166. The molecule has 4 rings (SSSR count). The number of benzene rings is 2. The summed E-state index contributed by atoms with van der Waals surface area (Å²) in [6.45, 7) is 0.166. The van der Waals surface area contributed by atoms with Crippen molar-refractivity contribution in [3.05, 3.63) is 94.3 Å². The highest BCUT2D eigenvalue weighted by Gasteiger charge is 2.25. The molecule has 2 heterocycles. The van der Waals surface area contributed by atoms with E-state index in [-0.39, 0.29) is 12.5 Å². The van der Waals surface area contributed by atoms with Crippen molar-refractivity contribution in [3.63, 3.8) is 0 Å². The topological polar surface area (TPSA) is 71.2 Å². The number of rotatable bonds is 7. The Morgan fingerprint density at radius 3 is 2.59 bits per heavy atom. The Hall–Kier alpha value is -3.38. The molecule has 0 radical (unpaired) electrons. The molecule has 0 aliphatic carbocycles. The quantitative estimate of drug-likeness (QED) is 0.451. The fourth-order valence-corrected chi connectivity index (χ4v) is 3.81. The first-order valence-corrected chi connectivity index (χ1v) is 10.2. The Morgan fingerprint density at radius 2 is 1.79 bits per heavy atom. The van der Waals surface area contributed by atoms with Gasteiger partial charge in [0, 0.05) is 23.5 Å². The van der Waals surface area contributed by atoms with E-state index < -0.39 is 12.0 Å². The van der Waals surface area contributed by atoms with Crippen LogP contribution in [0, 0.1) is 0 Å². The molecule has 29 heavy (non-hydrogen) atoms. The van der Waals surface area contributed by atoms with Crippen LogP contribution >= 0.6 is 11.3 Å². The molecule has 1 amide bonds. The molecule has 0 aliphatic heterocycles. The average Bonchev–Trinajstić information content (AvgIpc) is 3.43. The summed E-state index contributed by atoms with van der Waals surface area (Å²) in [5.41, 5.74) is 2.84. The van der Waals surface area contributed by atoms with Gasteiger partial charge in [0.05, 0.1) is 4.88 Å². The van der Waals surface area contributed by atoms with Crippen LogP contribution in [0.3, 0.4) is 0 Å². The van der Waals surface area contributed by atoms with E-state index in [4.69, 9.17) is 4.74 Å². The number of hydrogen-bond acceptors (Lipinski definition) is 4. The molecular weight excluding hydrogens is 384 g/mol. The van der Waals surface area contributed by atoms with Gasteiger partial charge >= 0.3 is 5.97 Å². The average molecular weight is 404 g/mol. The van der Waals surface area contributed by atoms with Crippen molar-refractivity contribution >= 4 is 34.1 Å². The number of aromatic amines is 1. The summed E-state index contributed by atoms with van der Waals surface area (Å²) in [6.07, 6.45) is 2.22. The first kappa shape index (κ1) is 19.0. The number of hydrogen-bond donors (Lipinski definition) is 2. The Morgan fingerprint density at radius 1 is 1.00 bits per heavy atom. The Balaban J connectivity index is 1.52. The third-order valence-corrected chi connectivity index (χ3v) is 5.53. The zero-order chi connectivity index (χ0) is 20.1. The Labute approximate surface area is 172 Å². The first-order valence-electron chi connectivity index (χ1n) is 9.30. The maximum Gasteiger partial charge on any atom is 0.329 e. The fraction of sp³-hybridized carbons (Fsp3) is 0.130. The number of ether oxygens (including phenoxy) is 1. The lowest BCUT2D eigenvalue weighted by atomic mass is 10.0. The number of fused-ring (bicyclic) bond motifs is 1. The largest absolute Gasteiger partial charge is 0.459 e. The number of thiophene rings is 1. The molecule has 2 aromatic heterocycles. The summed E-state index contributed by atoms with van der Waals surface area (Å²) in [5.74, 6) is -0.731. The van der Waals surface area contributed by atoms with Gasteiger partial charge in [0.15, 0.2) is 0 Å². The predicted molar refractivity (Wildman–Crippen MR) is 114 cm³/mol. The molecule has 0 aliphatic rings. The van der Waals surface area contributed by atoms with Crippen LogP contribution in [0.1, 0.15) is 20.8 Å². The zero-order valence-corrected chi connectivity index (χ0v) is 16.4. The van der Waals surface area contributed by atoms with Crippen LogP contribution < -0.4 is 5.32 Å². The highest BCUT2D eigenvalue weighted by atomic mass is 32.1. The molecule has 5 nitrogen and oxygen atoms in total. The standard InChI is InChI=1S/C23H20N2O3S/c26-22(21-11-6-12-29-21)25-20(23(27)28-15-16-7-2-1-3-8-16)13-17-14-24-19-10-5-4-9-18(17)19/h1-12,14,20,24H,13,15H2,(H,25,26)/t20-/m1/s1. The van der Waals surface area contributed by atoms with Crippen LogP contribution in [0.5, 0.6) is 0 Å². The van der Waals surface area contributed by atoms with Gasteiger partial charge in [0.2, 0.25) is 0 Å². The van der Waals surface area contributed by atoms with Gasteiger partial charge in [-0.3, -0.25) is 4.79 Å². The number of nitrogens with one attached hydrogen (secondary N) is 2. The number of carbonyl (C=O) groups excluding carboxylic acids is 2. The van der Waals surface area contributed by atoms with Crippen molar-refractivity contribution in [2.24, 2.45) is 0 Å². The summed E-state index contributed by atoms with van der Waals surface area (Å²) in [6, 6.07) is 20.1. The molecule has 4 aromatic rings. The highest BCUT2D eigenvalue weighted by molar-refractivity contribution is 7.12. The third-order valence-electron chi connectivity index (χ3n) is 4.66. The second kappa shape index (κ2) is 8.75. The van der Waals surface area contributed by atoms with Crippen molar-refractivity contribution in [2.75, 3.05) is 0 Å². The van der Waals surface area contributed by atoms with Crippen molar-refractivity contribution in [3.8, 4) is 0 Å². The first-order chi connectivity index (χ1) is 14.2. The van der Waals surface area contributed by atoms with Crippen LogP contribution in [-0.4, -0.2) is 22.9 Å². The van der Waals surface area contributed by atoms with Crippen molar-refractivity contribution in [1.29, 1.82) is 0 Å². The molecule has 0 saturated heterocycles. The Kier molecular flexibility index (Phi) is 5.72. The number of para-hydroxylation sites is 1. The van der Waals surface area contributed by atoms with Gasteiger partial charge < -0.3 is 15.0 Å². The van der Waals surface area contributed by atoms with Gasteiger partial charge in [0.1, 0.15) is 12.6 Å². The van der Waals surface area contributed by atoms with Gasteiger partial charge in [0.25, 0.3) is 5.91 Å². The molecule has 0 unspecified atom stereocenters. The Bertz CT molecular complexity index is 1100. The van der Waals surface area contributed by atoms with Crippen LogP contribution in [0.25, 0.3) is 10.9 Å². The van der Waals surface area contributed by atoms with Crippen molar-refractivity contribution in [2.45, 2.75) is 19.1 Å². The van der Waals surface area contributed by atoms with Crippen LogP contribution in [0.2, 0.25) is 0 Å². The lowest BCUT2D eigenvalue weighted by Crippen LogP contribution is -2.43. The van der Waals surface area contributed by atoms with E-state index in [9.17, 15) is 9.59 Å². The van der Waals surface area contributed by atoms with Gasteiger partial charge in [-0.05, 0) is 28.6 Å². The van der Waals surface area contributed by atoms with Crippen LogP contribution in [0.15, 0.2) is 78.3 Å². The number of amides is 1. The minimum Gasteiger partial charge on any atom is -0.459 e. The summed E-state index contributed by atoms with van der Waals surface area (Å²) in [4.78, 5) is 29.2. The van der Waals surface area contributed by atoms with E-state index in [1.165, 1.54) is 11.3 Å². The molecule has 2 N–H and O–H groups in total. The smallest absolute Gasteiger partial charge is 0.329 e. The molecule has 0 fully saturated rings. The number of aromatic nitrogens is 1. The zero-order valence-electron chi connectivity index (χ0n) is 15.6. The maximum absolute atomic E-state index is 12.8. The van der Waals surface area contributed by atoms with Crippen molar-refractivity contribution in [1.82, 2.24) is 10.3 Å². The maximum atomic E-state index is 12.8. The highest BCUT2D eigenvalue weighted by Crippen LogP contribution is 2.20. The van der Waals surface area contributed by atoms with Gasteiger partial charge in [-0.2, -0.15) is 0 Å². The lowest BCUT2D eigenvalue weighted by molar-refractivity contribution is -0.147. The summed E-state index contributed by atoms with van der Waals surface area (Å²) >= 11 is 1.34. The summed E-state index contributed by atoms with van der Waals surface area (Å²) in [5, 5.41) is 5.70. The van der Waals surface area contributed by atoms with Crippen LogP contribution in [0.4, 0.5) is 0 Å². The molecule has 2 aromatic carbocycles. The molecule has 0 saturated carbocycles. The summed E-state index contributed by atoms with van der Waals surface area (Å²) < 4.78 is 5.51. The second-order valence-electron chi connectivity index (χ2n) is 6.66. The van der Waals surface area contributed by atoms with E-state index in [1.807, 2.05) is 72.2 Å².